The Hall–Kier alpha value is -2.36. The fourth-order valence-electron chi connectivity index (χ4n) is 2.17. The minimum atomic E-state index is -4.49. The van der Waals surface area contributed by atoms with Crippen molar-refractivity contribution in [2.75, 3.05) is 4.31 Å². The molecule has 1 N–H and O–H groups in total. The van der Waals surface area contributed by atoms with Gasteiger partial charge in [-0.15, -0.1) is 0 Å². The minimum Gasteiger partial charge on any atom is -0.480 e. The lowest BCUT2D eigenvalue weighted by molar-refractivity contribution is -0.385. The summed E-state index contributed by atoms with van der Waals surface area (Å²) in [6.07, 6.45) is 0. The van der Waals surface area contributed by atoms with Gasteiger partial charge < -0.3 is 5.11 Å². The Morgan fingerprint density at radius 2 is 1.88 bits per heavy atom. The summed E-state index contributed by atoms with van der Waals surface area (Å²) in [6, 6.07) is 6.68. The first-order valence-corrected chi connectivity index (χ1v) is 9.22. The SMILES string of the molecule is CC(C(=O)O)N(c1cc(Cl)ccc1Cl)S(=O)(=O)c1cccc([N+](=O)[O-])c1. The molecular weight excluding hydrogens is 407 g/mol. The van der Waals surface area contributed by atoms with Crippen molar-refractivity contribution in [2.45, 2.75) is 17.9 Å². The summed E-state index contributed by atoms with van der Waals surface area (Å²) in [4.78, 5) is 21.2. The first kappa shape index (κ1) is 20.0. The number of carbonyl (C=O) groups is 1. The third-order valence-electron chi connectivity index (χ3n) is 3.44. The number of anilines is 1. The predicted octanol–water partition coefficient (Wildman–Crippen LogP) is 3.57. The highest BCUT2D eigenvalue weighted by molar-refractivity contribution is 7.93. The zero-order valence-electron chi connectivity index (χ0n) is 13.2. The van der Waals surface area contributed by atoms with Crippen molar-refractivity contribution in [1.82, 2.24) is 0 Å². The lowest BCUT2D eigenvalue weighted by atomic mass is 10.2. The zero-order valence-corrected chi connectivity index (χ0v) is 15.5. The van der Waals surface area contributed by atoms with E-state index in [2.05, 4.69) is 0 Å². The summed E-state index contributed by atoms with van der Waals surface area (Å²) < 4.78 is 26.7. The molecule has 26 heavy (non-hydrogen) atoms. The van der Waals surface area contributed by atoms with Gasteiger partial charge >= 0.3 is 5.97 Å². The number of hydrogen-bond donors (Lipinski definition) is 1. The van der Waals surface area contributed by atoms with Crippen molar-refractivity contribution in [3.8, 4) is 0 Å². The van der Waals surface area contributed by atoms with Crippen LogP contribution >= 0.6 is 23.2 Å². The molecule has 0 aliphatic rings. The van der Waals surface area contributed by atoms with Gasteiger partial charge in [-0.1, -0.05) is 29.3 Å². The van der Waals surface area contributed by atoms with E-state index in [1.807, 2.05) is 0 Å². The number of aliphatic carboxylic acids is 1. The van der Waals surface area contributed by atoms with Crippen LogP contribution < -0.4 is 4.31 Å². The van der Waals surface area contributed by atoms with Crippen molar-refractivity contribution in [3.05, 3.63) is 62.6 Å². The third-order valence-corrected chi connectivity index (χ3v) is 5.88. The summed E-state index contributed by atoms with van der Waals surface area (Å²) in [5.41, 5.74) is -0.605. The molecule has 2 aromatic rings. The van der Waals surface area contributed by atoms with Crippen LogP contribution in [0.3, 0.4) is 0 Å². The predicted molar refractivity (Wildman–Crippen MR) is 96.3 cm³/mol. The minimum absolute atomic E-state index is 0.0449. The number of nitrogens with zero attached hydrogens (tertiary/aromatic N) is 2. The molecule has 0 spiro atoms. The van der Waals surface area contributed by atoms with E-state index in [0.29, 0.717) is 4.31 Å². The summed E-state index contributed by atoms with van der Waals surface area (Å²) in [6.45, 7) is 1.15. The Labute approximate surface area is 158 Å². The van der Waals surface area contributed by atoms with Crippen LogP contribution in [0.2, 0.25) is 10.0 Å². The second-order valence-corrected chi connectivity index (χ2v) is 7.82. The molecule has 1 atom stereocenters. The molecule has 8 nitrogen and oxygen atoms in total. The Morgan fingerprint density at radius 3 is 2.46 bits per heavy atom. The average molecular weight is 419 g/mol. The molecule has 138 valence electrons. The number of sulfonamides is 1. The quantitative estimate of drug-likeness (QED) is 0.565. The Kier molecular flexibility index (Phi) is 5.74. The first-order chi connectivity index (χ1) is 12.1. The van der Waals surface area contributed by atoms with E-state index in [1.54, 1.807) is 0 Å². The molecule has 0 amide bonds. The van der Waals surface area contributed by atoms with Gasteiger partial charge in [-0.3, -0.25) is 14.4 Å². The maximum atomic E-state index is 13.1. The lowest BCUT2D eigenvalue weighted by Crippen LogP contribution is -2.43. The van der Waals surface area contributed by atoms with Gasteiger partial charge in [0.1, 0.15) is 6.04 Å². The van der Waals surface area contributed by atoms with Crippen molar-refractivity contribution in [2.24, 2.45) is 0 Å². The highest BCUT2D eigenvalue weighted by Crippen LogP contribution is 2.35. The van der Waals surface area contributed by atoms with Crippen molar-refractivity contribution >= 4 is 50.6 Å². The van der Waals surface area contributed by atoms with E-state index < -0.39 is 37.5 Å². The van der Waals surface area contributed by atoms with E-state index >= 15 is 0 Å². The molecule has 0 saturated heterocycles. The number of rotatable bonds is 6. The maximum absolute atomic E-state index is 13.1. The van der Waals surface area contributed by atoms with Crippen molar-refractivity contribution < 1.29 is 23.2 Å². The van der Waals surface area contributed by atoms with Crippen LogP contribution in [0.15, 0.2) is 47.4 Å². The summed E-state index contributed by atoms with van der Waals surface area (Å²) in [5, 5.41) is 20.4. The molecule has 0 aliphatic heterocycles. The highest BCUT2D eigenvalue weighted by Gasteiger charge is 2.35. The van der Waals surface area contributed by atoms with Crippen LogP contribution in [0.1, 0.15) is 6.92 Å². The second-order valence-electron chi connectivity index (χ2n) is 5.17. The Balaban J connectivity index is 2.72. The van der Waals surface area contributed by atoms with E-state index in [1.165, 1.54) is 24.3 Å². The average Bonchev–Trinajstić information content (AvgIpc) is 2.57. The molecule has 0 fully saturated rings. The Bertz CT molecular complexity index is 980. The van der Waals surface area contributed by atoms with Gasteiger partial charge in [0.15, 0.2) is 0 Å². The van der Waals surface area contributed by atoms with Gasteiger partial charge in [-0.25, -0.2) is 13.2 Å². The number of halogens is 2. The van der Waals surface area contributed by atoms with Crippen LogP contribution in [0.25, 0.3) is 0 Å². The first-order valence-electron chi connectivity index (χ1n) is 7.02. The van der Waals surface area contributed by atoms with Gasteiger partial charge in [0.05, 0.1) is 20.5 Å². The van der Waals surface area contributed by atoms with Crippen LogP contribution in [-0.2, 0) is 14.8 Å². The summed E-state index contributed by atoms with van der Waals surface area (Å²) >= 11 is 11.9. The van der Waals surface area contributed by atoms with E-state index in [-0.39, 0.29) is 15.7 Å². The normalized spacial score (nSPS) is 12.4. The largest absolute Gasteiger partial charge is 0.480 e. The molecule has 0 bridgehead atoms. The number of hydrogen-bond acceptors (Lipinski definition) is 5. The van der Waals surface area contributed by atoms with Crippen LogP contribution in [-0.4, -0.2) is 30.5 Å². The zero-order chi connectivity index (χ0) is 19.6. The number of non-ortho nitro benzene ring substituents is 1. The number of nitro benzene ring substituents is 1. The summed E-state index contributed by atoms with van der Waals surface area (Å²) in [5.74, 6) is -1.44. The maximum Gasteiger partial charge on any atom is 0.327 e. The Morgan fingerprint density at radius 1 is 1.23 bits per heavy atom. The highest BCUT2D eigenvalue weighted by atomic mass is 35.5. The molecular formula is C15H12Cl2N2O6S. The molecule has 2 rings (SSSR count). The van der Waals surface area contributed by atoms with Crippen molar-refractivity contribution in [1.29, 1.82) is 0 Å². The number of carboxylic acid groups (broad SMARTS) is 1. The fraction of sp³-hybridized carbons (Fsp3) is 0.133. The molecule has 0 radical (unpaired) electrons. The van der Waals surface area contributed by atoms with Crippen LogP contribution in [0.4, 0.5) is 11.4 Å². The van der Waals surface area contributed by atoms with Crippen LogP contribution in [0.5, 0.6) is 0 Å². The van der Waals surface area contributed by atoms with E-state index in [9.17, 15) is 28.4 Å². The smallest absolute Gasteiger partial charge is 0.327 e. The third kappa shape index (κ3) is 3.90. The molecule has 1 unspecified atom stereocenters. The van der Waals surface area contributed by atoms with Gasteiger partial charge in [0, 0.05) is 17.2 Å². The molecule has 11 heteroatoms. The number of carboxylic acids is 1. The fourth-order valence-corrected chi connectivity index (χ4v) is 4.26. The second kappa shape index (κ2) is 7.48. The van der Waals surface area contributed by atoms with Gasteiger partial charge in [-0.2, -0.15) is 0 Å². The standard InChI is InChI=1S/C15H12Cl2N2O6S/c1-9(15(20)21)18(14-7-10(16)5-6-13(14)17)26(24,25)12-4-2-3-11(8-12)19(22)23/h2-9H,1H3,(H,20,21). The van der Waals surface area contributed by atoms with Crippen LogP contribution in [0, 0.1) is 10.1 Å². The number of benzene rings is 2. The summed E-state index contributed by atoms with van der Waals surface area (Å²) in [7, 11) is -4.49. The van der Waals surface area contributed by atoms with Crippen molar-refractivity contribution in [3.63, 3.8) is 0 Å². The molecule has 0 aromatic heterocycles. The van der Waals surface area contributed by atoms with Gasteiger partial charge in [0.25, 0.3) is 15.7 Å². The molecule has 0 heterocycles. The van der Waals surface area contributed by atoms with E-state index in [0.717, 1.165) is 25.1 Å². The topological polar surface area (TPSA) is 118 Å². The molecule has 0 saturated carbocycles. The molecule has 2 aromatic carbocycles. The molecule has 0 aliphatic carbocycles. The number of nitro groups is 1. The van der Waals surface area contributed by atoms with E-state index in [4.69, 9.17) is 23.2 Å². The monoisotopic (exact) mass is 418 g/mol. The van der Waals surface area contributed by atoms with Gasteiger partial charge in [0.2, 0.25) is 0 Å². The van der Waals surface area contributed by atoms with Gasteiger partial charge in [-0.05, 0) is 31.2 Å². The lowest BCUT2D eigenvalue weighted by Gasteiger charge is -2.28.